The molecule has 1 aromatic rings. The zero-order valence-electron chi connectivity index (χ0n) is 10.8. The SMILES string of the molecule is Cc1ccc(C(=O)NCC2CCCCC2)c(F)c1. The van der Waals surface area contributed by atoms with Crippen LogP contribution in [0.15, 0.2) is 18.2 Å². The Morgan fingerprint density at radius 2 is 2.06 bits per heavy atom. The molecule has 0 aromatic heterocycles. The number of carbonyl (C=O) groups is 1. The van der Waals surface area contributed by atoms with Crippen molar-refractivity contribution in [2.24, 2.45) is 5.92 Å². The van der Waals surface area contributed by atoms with Crippen LogP contribution in [0.1, 0.15) is 48.0 Å². The van der Waals surface area contributed by atoms with Gasteiger partial charge in [0.25, 0.3) is 5.91 Å². The van der Waals surface area contributed by atoms with Gasteiger partial charge in [0.05, 0.1) is 5.56 Å². The number of hydrogen-bond donors (Lipinski definition) is 1. The van der Waals surface area contributed by atoms with Crippen molar-refractivity contribution in [1.82, 2.24) is 5.32 Å². The third kappa shape index (κ3) is 3.31. The van der Waals surface area contributed by atoms with Crippen molar-refractivity contribution in [2.45, 2.75) is 39.0 Å². The van der Waals surface area contributed by atoms with E-state index in [0.717, 1.165) is 5.56 Å². The molecule has 3 heteroatoms. The van der Waals surface area contributed by atoms with E-state index in [-0.39, 0.29) is 11.5 Å². The Hall–Kier alpha value is -1.38. The van der Waals surface area contributed by atoms with Crippen LogP contribution in [0.2, 0.25) is 0 Å². The summed E-state index contributed by atoms with van der Waals surface area (Å²) < 4.78 is 13.6. The maximum absolute atomic E-state index is 13.6. The fourth-order valence-electron chi connectivity index (χ4n) is 2.53. The molecule has 2 rings (SSSR count). The van der Waals surface area contributed by atoms with E-state index in [1.807, 2.05) is 6.92 Å². The Morgan fingerprint density at radius 3 is 2.72 bits per heavy atom. The molecule has 0 unspecified atom stereocenters. The van der Waals surface area contributed by atoms with Crippen molar-refractivity contribution in [2.75, 3.05) is 6.54 Å². The van der Waals surface area contributed by atoms with Gasteiger partial charge in [-0.05, 0) is 43.4 Å². The lowest BCUT2D eigenvalue weighted by Crippen LogP contribution is -2.30. The summed E-state index contributed by atoms with van der Waals surface area (Å²) in [6.07, 6.45) is 6.16. The van der Waals surface area contributed by atoms with Gasteiger partial charge in [-0.3, -0.25) is 4.79 Å². The second kappa shape index (κ2) is 5.98. The van der Waals surface area contributed by atoms with Crippen molar-refractivity contribution < 1.29 is 9.18 Å². The molecule has 0 spiro atoms. The van der Waals surface area contributed by atoms with Crippen molar-refractivity contribution >= 4 is 5.91 Å². The van der Waals surface area contributed by atoms with Crippen LogP contribution in [-0.2, 0) is 0 Å². The molecule has 1 amide bonds. The first-order valence-electron chi connectivity index (χ1n) is 6.71. The Bertz CT molecular complexity index is 425. The quantitative estimate of drug-likeness (QED) is 0.873. The number of halogens is 1. The van der Waals surface area contributed by atoms with Gasteiger partial charge in [0.15, 0.2) is 0 Å². The molecule has 1 aliphatic carbocycles. The van der Waals surface area contributed by atoms with E-state index in [4.69, 9.17) is 0 Å². The first-order chi connectivity index (χ1) is 8.66. The van der Waals surface area contributed by atoms with Crippen molar-refractivity contribution in [3.05, 3.63) is 35.1 Å². The van der Waals surface area contributed by atoms with Gasteiger partial charge in [0, 0.05) is 6.54 Å². The predicted octanol–water partition coefficient (Wildman–Crippen LogP) is 3.44. The van der Waals surface area contributed by atoms with Gasteiger partial charge in [0.1, 0.15) is 5.82 Å². The van der Waals surface area contributed by atoms with E-state index in [9.17, 15) is 9.18 Å². The first-order valence-corrected chi connectivity index (χ1v) is 6.71. The topological polar surface area (TPSA) is 29.1 Å². The highest BCUT2D eigenvalue weighted by Gasteiger charge is 2.16. The second-order valence-electron chi connectivity index (χ2n) is 5.20. The molecule has 0 radical (unpaired) electrons. The average molecular weight is 249 g/mol. The highest BCUT2D eigenvalue weighted by molar-refractivity contribution is 5.94. The minimum Gasteiger partial charge on any atom is -0.352 e. The van der Waals surface area contributed by atoms with Gasteiger partial charge in [-0.25, -0.2) is 4.39 Å². The van der Waals surface area contributed by atoms with Crippen molar-refractivity contribution in [3.8, 4) is 0 Å². The van der Waals surface area contributed by atoms with Crippen LogP contribution >= 0.6 is 0 Å². The van der Waals surface area contributed by atoms with E-state index in [1.54, 1.807) is 12.1 Å². The molecule has 1 N–H and O–H groups in total. The summed E-state index contributed by atoms with van der Waals surface area (Å²) in [5, 5.41) is 2.85. The van der Waals surface area contributed by atoms with Crippen molar-refractivity contribution in [1.29, 1.82) is 0 Å². The van der Waals surface area contributed by atoms with Gasteiger partial charge in [-0.2, -0.15) is 0 Å². The molecule has 0 saturated heterocycles. The smallest absolute Gasteiger partial charge is 0.254 e. The van der Waals surface area contributed by atoms with Crippen LogP contribution in [0.25, 0.3) is 0 Å². The molecule has 0 heterocycles. The maximum atomic E-state index is 13.6. The lowest BCUT2D eigenvalue weighted by molar-refractivity contribution is 0.0939. The highest BCUT2D eigenvalue weighted by atomic mass is 19.1. The summed E-state index contributed by atoms with van der Waals surface area (Å²) in [7, 11) is 0. The minimum atomic E-state index is -0.434. The summed E-state index contributed by atoms with van der Waals surface area (Å²) in [6.45, 7) is 2.49. The molecule has 0 aliphatic heterocycles. The minimum absolute atomic E-state index is 0.149. The molecule has 18 heavy (non-hydrogen) atoms. The number of hydrogen-bond acceptors (Lipinski definition) is 1. The van der Waals surface area contributed by atoms with Crippen LogP contribution in [0.4, 0.5) is 4.39 Å². The fourth-order valence-corrected chi connectivity index (χ4v) is 2.53. The summed E-state index contributed by atoms with van der Waals surface area (Å²) >= 11 is 0. The molecule has 1 aromatic carbocycles. The maximum Gasteiger partial charge on any atom is 0.254 e. The van der Waals surface area contributed by atoms with E-state index >= 15 is 0 Å². The average Bonchev–Trinajstić information content (AvgIpc) is 2.37. The van der Waals surface area contributed by atoms with Gasteiger partial charge in [-0.15, -0.1) is 0 Å². The zero-order chi connectivity index (χ0) is 13.0. The number of carbonyl (C=O) groups excluding carboxylic acids is 1. The normalized spacial score (nSPS) is 16.6. The van der Waals surface area contributed by atoms with E-state index < -0.39 is 5.82 Å². The van der Waals surface area contributed by atoms with Gasteiger partial charge in [0.2, 0.25) is 0 Å². The number of rotatable bonds is 3. The van der Waals surface area contributed by atoms with Gasteiger partial charge in [-0.1, -0.05) is 25.3 Å². The Labute approximate surface area is 108 Å². The fraction of sp³-hybridized carbons (Fsp3) is 0.533. The molecular formula is C15H20FNO. The van der Waals surface area contributed by atoms with Gasteiger partial charge < -0.3 is 5.32 Å². The largest absolute Gasteiger partial charge is 0.352 e. The molecule has 0 atom stereocenters. The number of benzene rings is 1. The first kappa shape index (κ1) is 13.1. The molecule has 1 aliphatic rings. The van der Waals surface area contributed by atoms with E-state index in [1.165, 1.54) is 38.2 Å². The van der Waals surface area contributed by atoms with Crippen LogP contribution in [0, 0.1) is 18.7 Å². The van der Waals surface area contributed by atoms with Crippen LogP contribution in [0.5, 0.6) is 0 Å². The summed E-state index contributed by atoms with van der Waals surface area (Å²) in [4.78, 5) is 11.9. The Balaban J connectivity index is 1.90. The lowest BCUT2D eigenvalue weighted by Gasteiger charge is -2.21. The molecule has 1 fully saturated rings. The predicted molar refractivity (Wildman–Crippen MR) is 70.0 cm³/mol. The molecule has 98 valence electrons. The summed E-state index contributed by atoms with van der Waals surface area (Å²) in [5.74, 6) is -0.162. The number of nitrogens with one attached hydrogen (secondary N) is 1. The Morgan fingerprint density at radius 1 is 1.33 bits per heavy atom. The standard InChI is InChI=1S/C15H20FNO/c1-11-7-8-13(14(16)9-11)15(18)17-10-12-5-3-2-4-6-12/h7-9,12H,2-6,10H2,1H3,(H,17,18). The molecule has 0 bridgehead atoms. The van der Waals surface area contributed by atoms with Crippen LogP contribution in [0.3, 0.4) is 0 Å². The summed E-state index contributed by atoms with van der Waals surface area (Å²) in [6, 6.07) is 4.72. The number of aryl methyl sites for hydroxylation is 1. The van der Waals surface area contributed by atoms with E-state index in [2.05, 4.69) is 5.32 Å². The zero-order valence-corrected chi connectivity index (χ0v) is 10.8. The van der Waals surface area contributed by atoms with Gasteiger partial charge >= 0.3 is 0 Å². The molecule has 1 saturated carbocycles. The third-order valence-corrected chi connectivity index (χ3v) is 3.65. The van der Waals surface area contributed by atoms with Crippen LogP contribution < -0.4 is 5.32 Å². The third-order valence-electron chi connectivity index (χ3n) is 3.65. The monoisotopic (exact) mass is 249 g/mol. The lowest BCUT2D eigenvalue weighted by atomic mass is 9.89. The number of amides is 1. The van der Waals surface area contributed by atoms with Crippen LogP contribution in [-0.4, -0.2) is 12.5 Å². The van der Waals surface area contributed by atoms with Crippen molar-refractivity contribution in [3.63, 3.8) is 0 Å². The molecule has 2 nitrogen and oxygen atoms in total. The highest BCUT2D eigenvalue weighted by Crippen LogP contribution is 2.22. The molecular weight excluding hydrogens is 229 g/mol. The second-order valence-corrected chi connectivity index (χ2v) is 5.20. The Kier molecular flexibility index (Phi) is 4.34. The van der Waals surface area contributed by atoms with E-state index in [0.29, 0.717) is 12.5 Å². The summed E-state index contributed by atoms with van der Waals surface area (Å²) in [5.41, 5.74) is 0.979.